The van der Waals surface area contributed by atoms with Crippen LogP contribution in [-0.2, 0) is 9.59 Å². The summed E-state index contributed by atoms with van der Waals surface area (Å²) in [7, 11) is 1.47. The largest absolute Gasteiger partial charge is 0.357 e. The van der Waals surface area contributed by atoms with E-state index in [9.17, 15) is 9.59 Å². The van der Waals surface area contributed by atoms with E-state index < -0.39 is 6.04 Å². The number of imide groups is 1. The van der Waals surface area contributed by atoms with Gasteiger partial charge in [0.25, 0.3) is 5.91 Å². The molecule has 1 aliphatic rings. The zero-order valence-electron chi connectivity index (χ0n) is 10.8. The van der Waals surface area contributed by atoms with Gasteiger partial charge in [-0.1, -0.05) is 0 Å². The zero-order valence-corrected chi connectivity index (χ0v) is 10.8. The number of likely N-dealkylation sites (N-methyl/N-ethyl adjacent to an activating group) is 1. The van der Waals surface area contributed by atoms with Gasteiger partial charge in [-0.3, -0.25) is 14.5 Å². The van der Waals surface area contributed by atoms with Crippen LogP contribution in [0, 0.1) is 18.3 Å². The molecule has 2 heterocycles. The van der Waals surface area contributed by atoms with E-state index in [-0.39, 0.29) is 11.8 Å². The minimum atomic E-state index is -0.510. The number of amides is 2. The predicted octanol–water partition coefficient (Wildman–Crippen LogP) is 0.821. The molecule has 1 atom stereocenters. The highest BCUT2D eigenvalue weighted by Gasteiger charge is 2.32. The van der Waals surface area contributed by atoms with E-state index in [0.29, 0.717) is 24.2 Å². The third-order valence-electron chi connectivity index (χ3n) is 3.23. The van der Waals surface area contributed by atoms with Crippen molar-refractivity contribution in [1.29, 1.82) is 5.26 Å². The normalized spacial score (nSPS) is 19.2. The van der Waals surface area contributed by atoms with Gasteiger partial charge in [0.1, 0.15) is 17.9 Å². The van der Waals surface area contributed by atoms with Crippen LogP contribution in [-0.4, -0.2) is 34.8 Å². The van der Waals surface area contributed by atoms with E-state index in [2.05, 4.69) is 16.4 Å². The van der Waals surface area contributed by atoms with E-state index in [1.165, 1.54) is 7.05 Å². The Morgan fingerprint density at radius 1 is 1.53 bits per heavy atom. The number of nitrogens with one attached hydrogen (secondary N) is 1. The van der Waals surface area contributed by atoms with Crippen molar-refractivity contribution < 1.29 is 9.59 Å². The molecule has 0 radical (unpaired) electrons. The predicted molar refractivity (Wildman–Crippen MR) is 68.1 cm³/mol. The minimum Gasteiger partial charge on any atom is -0.357 e. The van der Waals surface area contributed by atoms with Crippen LogP contribution in [0.5, 0.6) is 0 Å². The Labute approximate surface area is 111 Å². The highest BCUT2D eigenvalue weighted by atomic mass is 16.2. The fourth-order valence-electron chi connectivity index (χ4n) is 2.02. The number of nitrogens with zero attached hydrogens (tertiary/aromatic N) is 3. The van der Waals surface area contributed by atoms with Gasteiger partial charge in [0.05, 0.1) is 5.56 Å². The van der Waals surface area contributed by atoms with Gasteiger partial charge >= 0.3 is 0 Å². The summed E-state index contributed by atoms with van der Waals surface area (Å²) in [6, 6.07) is 3.30. The average Bonchev–Trinajstić information content (AvgIpc) is 2.40. The molecule has 1 unspecified atom stereocenters. The third kappa shape index (κ3) is 2.40. The van der Waals surface area contributed by atoms with E-state index >= 15 is 0 Å². The molecule has 1 fully saturated rings. The molecule has 0 aliphatic carbocycles. The van der Waals surface area contributed by atoms with Gasteiger partial charge in [0.15, 0.2) is 0 Å². The number of aromatic nitrogens is 1. The van der Waals surface area contributed by atoms with Crippen molar-refractivity contribution >= 4 is 17.6 Å². The van der Waals surface area contributed by atoms with Crippen LogP contribution in [0.15, 0.2) is 12.3 Å². The lowest BCUT2D eigenvalue weighted by Crippen LogP contribution is -2.48. The van der Waals surface area contributed by atoms with Crippen molar-refractivity contribution in [2.45, 2.75) is 25.8 Å². The van der Waals surface area contributed by atoms with Gasteiger partial charge < -0.3 is 5.32 Å². The molecule has 6 nitrogen and oxygen atoms in total. The number of pyridine rings is 1. The number of nitriles is 1. The molecule has 2 rings (SSSR count). The molecule has 1 saturated heterocycles. The number of aryl methyl sites for hydroxylation is 1. The first-order valence-electron chi connectivity index (χ1n) is 5.97. The summed E-state index contributed by atoms with van der Waals surface area (Å²) in [5.74, 6) is -0.0761. The Hall–Kier alpha value is -2.42. The molecule has 0 bridgehead atoms. The van der Waals surface area contributed by atoms with Crippen molar-refractivity contribution in [3.8, 4) is 6.07 Å². The Morgan fingerprint density at radius 3 is 2.95 bits per heavy atom. The molecule has 2 amide bonds. The van der Waals surface area contributed by atoms with Gasteiger partial charge in [-0.15, -0.1) is 0 Å². The second-order valence-electron chi connectivity index (χ2n) is 4.49. The first-order valence-corrected chi connectivity index (χ1v) is 5.97. The Morgan fingerprint density at radius 2 is 2.26 bits per heavy atom. The second-order valence-corrected chi connectivity index (χ2v) is 4.49. The number of anilines is 1. The van der Waals surface area contributed by atoms with Crippen molar-refractivity contribution in [3.63, 3.8) is 0 Å². The molecule has 0 aromatic carbocycles. The van der Waals surface area contributed by atoms with Crippen molar-refractivity contribution in [2.24, 2.45) is 0 Å². The SMILES string of the molecule is Cc1ccnc(NC2CCC(=O)N(C)C2=O)c1C#N. The molecular weight excluding hydrogens is 244 g/mol. The topological polar surface area (TPSA) is 86.1 Å². The number of hydrogen-bond donors (Lipinski definition) is 1. The molecule has 0 saturated carbocycles. The van der Waals surface area contributed by atoms with E-state index in [4.69, 9.17) is 5.26 Å². The quantitative estimate of drug-likeness (QED) is 0.794. The molecule has 1 N–H and O–H groups in total. The minimum absolute atomic E-state index is 0.180. The Balaban J connectivity index is 2.23. The van der Waals surface area contributed by atoms with Gasteiger partial charge in [-0.25, -0.2) is 4.98 Å². The summed E-state index contributed by atoms with van der Waals surface area (Å²) in [5.41, 5.74) is 1.22. The van der Waals surface area contributed by atoms with Crippen molar-refractivity contribution in [2.75, 3.05) is 12.4 Å². The number of hydrogen-bond acceptors (Lipinski definition) is 5. The van der Waals surface area contributed by atoms with E-state index in [1.54, 1.807) is 12.3 Å². The maximum absolute atomic E-state index is 12.0. The molecular formula is C13H14N4O2. The number of likely N-dealkylation sites (tertiary alicyclic amines) is 1. The molecule has 1 aromatic heterocycles. The number of carbonyl (C=O) groups is 2. The van der Waals surface area contributed by atoms with Crippen molar-refractivity contribution in [3.05, 3.63) is 23.4 Å². The lowest BCUT2D eigenvalue weighted by molar-refractivity contribution is -0.146. The molecule has 19 heavy (non-hydrogen) atoms. The maximum Gasteiger partial charge on any atom is 0.251 e. The summed E-state index contributed by atoms with van der Waals surface area (Å²) < 4.78 is 0. The monoisotopic (exact) mass is 258 g/mol. The zero-order chi connectivity index (χ0) is 14.0. The van der Waals surface area contributed by atoms with Gasteiger partial charge in [-0.2, -0.15) is 5.26 Å². The molecule has 1 aromatic rings. The van der Waals surface area contributed by atoms with Crippen LogP contribution in [0.4, 0.5) is 5.82 Å². The van der Waals surface area contributed by atoms with E-state index in [1.807, 2.05) is 6.92 Å². The summed E-state index contributed by atoms with van der Waals surface area (Å²) >= 11 is 0. The smallest absolute Gasteiger partial charge is 0.251 e. The second kappa shape index (κ2) is 5.06. The van der Waals surface area contributed by atoms with Crippen LogP contribution < -0.4 is 5.32 Å². The average molecular weight is 258 g/mol. The van der Waals surface area contributed by atoms with Gasteiger partial charge in [0.2, 0.25) is 5.91 Å². The molecule has 1 aliphatic heterocycles. The lowest BCUT2D eigenvalue weighted by atomic mass is 10.0. The first-order chi connectivity index (χ1) is 9.04. The van der Waals surface area contributed by atoms with Gasteiger partial charge in [-0.05, 0) is 25.0 Å². The fourth-order valence-corrected chi connectivity index (χ4v) is 2.02. The van der Waals surface area contributed by atoms with Crippen LogP contribution in [0.3, 0.4) is 0 Å². The highest BCUT2D eigenvalue weighted by Crippen LogP contribution is 2.20. The third-order valence-corrected chi connectivity index (χ3v) is 3.23. The van der Waals surface area contributed by atoms with E-state index in [0.717, 1.165) is 10.5 Å². The number of piperidine rings is 1. The summed E-state index contributed by atoms with van der Waals surface area (Å²) in [4.78, 5) is 28.6. The number of rotatable bonds is 2. The maximum atomic E-state index is 12.0. The lowest BCUT2D eigenvalue weighted by Gasteiger charge is -2.28. The number of carbonyl (C=O) groups excluding carboxylic acids is 2. The van der Waals surface area contributed by atoms with Crippen LogP contribution in [0.2, 0.25) is 0 Å². The summed E-state index contributed by atoms with van der Waals surface area (Å²) in [6.45, 7) is 1.81. The summed E-state index contributed by atoms with van der Waals surface area (Å²) in [6.07, 6.45) is 2.32. The molecule has 6 heteroatoms. The first kappa shape index (κ1) is 13.0. The Bertz CT molecular complexity index is 576. The fraction of sp³-hybridized carbons (Fsp3) is 0.385. The van der Waals surface area contributed by atoms with Crippen LogP contribution in [0.25, 0.3) is 0 Å². The van der Waals surface area contributed by atoms with Crippen LogP contribution in [0.1, 0.15) is 24.0 Å². The molecule has 0 spiro atoms. The van der Waals surface area contributed by atoms with Gasteiger partial charge in [0, 0.05) is 19.7 Å². The standard InChI is InChI=1S/C13H14N4O2/c1-8-5-6-15-12(9(8)7-14)16-10-3-4-11(18)17(2)13(10)19/h5-6,10H,3-4H2,1-2H3,(H,15,16). The van der Waals surface area contributed by atoms with Crippen molar-refractivity contribution in [1.82, 2.24) is 9.88 Å². The molecule has 98 valence electrons. The highest BCUT2D eigenvalue weighted by molar-refractivity contribution is 6.01. The Kier molecular flexibility index (Phi) is 3.47. The summed E-state index contributed by atoms with van der Waals surface area (Å²) in [5, 5.41) is 12.1. The van der Waals surface area contributed by atoms with Crippen LogP contribution >= 0.6 is 0 Å².